The van der Waals surface area contributed by atoms with E-state index in [2.05, 4.69) is 5.32 Å². The second kappa shape index (κ2) is 4.79. The lowest BCUT2D eigenvalue weighted by Gasteiger charge is -2.16. The van der Waals surface area contributed by atoms with Crippen LogP contribution in [0.3, 0.4) is 0 Å². The minimum atomic E-state index is -0.296. The van der Waals surface area contributed by atoms with Gasteiger partial charge >= 0.3 is 5.69 Å². The standard InChI is InChI=1S/C14H17N3O3/c1-16-11-8-9(20-2)5-6-10(11)13(18)17(14(16)19)12-4-3-7-15-12/h5-6,8,12,15H,3-4,7H2,1-2H3. The summed E-state index contributed by atoms with van der Waals surface area (Å²) in [6, 6.07) is 5.16. The smallest absolute Gasteiger partial charge is 0.332 e. The summed E-state index contributed by atoms with van der Waals surface area (Å²) in [5.41, 5.74) is 0.0499. The summed E-state index contributed by atoms with van der Waals surface area (Å²) in [6.07, 6.45) is 1.57. The zero-order chi connectivity index (χ0) is 14.3. The molecule has 1 fully saturated rings. The molecule has 0 aliphatic carbocycles. The Hall–Kier alpha value is -2.08. The molecular formula is C14H17N3O3. The summed E-state index contributed by atoms with van der Waals surface area (Å²) in [5, 5.41) is 3.72. The van der Waals surface area contributed by atoms with Crippen LogP contribution in [0.1, 0.15) is 19.0 Å². The molecule has 1 saturated heterocycles. The van der Waals surface area contributed by atoms with E-state index in [1.54, 1.807) is 32.4 Å². The Morgan fingerprint density at radius 2 is 2.15 bits per heavy atom. The molecule has 0 radical (unpaired) electrons. The van der Waals surface area contributed by atoms with E-state index in [1.807, 2.05) is 0 Å². The van der Waals surface area contributed by atoms with Gasteiger partial charge in [-0.2, -0.15) is 0 Å². The van der Waals surface area contributed by atoms with E-state index < -0.39 is 0 Å². The van der Waals surface area contributed by atoms with Crippen molar-refractivity contribution in [2.75, 3.05) is 13.7 Å². The fourth-order valence-electron chi connectivity index (χ4n) is 2.74. The molecule has 106 valence electrons. The van der Waals surface area contributed by atoms with Gasteiger partial charge in [0.2, 0.25) is 0 Å². The highest BCUT2D eigenvalue weighted by Crippen LogP contribution is 2.18. The zero-order valence-corrected chi connectivity index (χ0v) is 11.5. The minimum Gasteiger partial charge on any atom is -0.497 e. The Morgan fingerprint density at radius 3 is 2.80 bits per heavy atom. The predicted octanol–water partition coefficient (Wildman–Crippen LogP) is 0.591. The molecule has 3 rings (SSSR count). The van der Waals surface area contributed by atoms with E-state index in [4.69, 9.17) is 4.74 Å². The van der Waals surface area contributed by atoms with Crippen molar-refractivity contribution in [2.45, 2.75) is 19.0 Å². The van der Waals surface area contributed by atoms with Gasteiger partial charge in [0.25, 0.3) is 5.56 Å². The summed E-state index contributed by atoms with van der Waals surface area (Å²) in [6.45, 7) is 0.834. The van der Waals surface area contributed by atoms with E-state index in [9.17, 15) is 9.59 Å². The van der Waals surface area contributed by atoms with E-state index in [0.29, 0.717) is 16.7 Å². The van der Waals surface area contributed by atoms with E-state index in [1.165, 1.54) is 9.13 Å². The molecule has 1 N–H and O–H groups in total. The van der Waals surface area contributed by atoms with Crippen LogP contribution >= 0.6 is 0 Å². The summed E-state index contributed by atoms with van der Waals surface area (Å²) < 4.78 is 7.97. The molecule has 20 heavy (non-hydrogen) atoms. The molecule has 1 aliphatic rings. The maximum absolute atomic E-state index is 12.6. The third-order valence-corrected chi connectivity index (χ3v) is 3.85. The molecule has 0 amide bonds. The topological polar surface area (TPSA) is 65.3 Å². The van der Waals surface area contributed by atoms with Crippen LogP contribution in [0.2, 0.25) is 0 Å². The van der Waals surface area contributed by atoms with Crippen LogP contribution in [0, 0.1) is 0 Å². The van der Waals surface area contributed by atoms with Gasteiger partial charge in [-0.25, -0.2) is 9.36 Å². The Kier molecular flexibility index (Phi) is 3.10. The summed E-state index contributed by atoms with van der Waals surface area (Å²) in [7, 11) is 3.23. The highest BCUT2D eigenvalue weighted by molar-refractivity contribution is 5.79. The number of nitrogens with one attached hydrogen (secondary N) is 1. The number of hydrogen-bond donors (Lipinski definition) is 1. The predicted molar refractivity (Wildman–Crippen MR) is 76.3 cm³/mol. The van der Waals surface area contributed by atoms with Gasteiger partial charge in [0.05, 0.1) is 24.2 Å². The lowest BCUT2D eigenvalue weighted by molar-refractivity contribution is 0.414. The van der Waals surface area contributed by atoms with Crippen molar-refractivity contribution in [1.82, 2.24) is 14.5 Å². The third kappa shape index (κ3) is 1.84. The first-order valence-corrected chi connectivity index (χ1v) is 6.66. The molecule has 2 heterocycles. The van der Waals surface area contributed by atoms with Crippen molar-refractivity contribution in [1.29, 1.82) is 0 Å². The van der Waals surface area contributed by atoms with Crippen LogP contribution in [0.4, 0.5) is 0 Å². The molecule has 1 aromatic carbocycles. The van der Waals surface area contributed by atoms with Gasteiger partial charge < -0.3 is 4.74 Å². The average molecular weight is 275 g/mol. The first-order valence-electron chi connectivity index (χ1n) is 6.66. The number of rotatable bonds is 2. The van der Waals surface area contributed by atoms with Gasteiger partial charge in [0.15, 0.2) is 0 Å². The molecule has 0 bridgehead atoms. The molecule has 1 aromatic heterocycles. The highest BCUT2D eigenvalue weighted by atomic mass is 16.5. The molecule has 0 spiro atoms. The monoisotopic (exact) mass is 275 g/mol. The molecule has 2 aromatic rings. The quantitative estimate of drug-likeness (QED) is 0.871. The lowest BCUT2D eigenvalue weighted by atomic mass is 10.2. The first-order chi connectivity index (χ1) is 9.63. The van der Waals surface area contributed by atoms with Crippen molar-refractivity contribution in [2.24, 2.45) is 7.05 Å². The van der Waals surface area contributed by atoms with Crippen LogP contribution in [-0.4, -0.2) is 22.8 Å². The SMILES string of the molecule is COc1ccc2c(=O)n(C3CCCN3)c(=O)n(C)c2c1. The Balaban J connectivity index is 2.33. The van der Waals surface area contributed by atoms with Gasteiger partial charge in [-0.15, -0.1) is 0 Å². The average Bonchev–Trinajstić information content (AvgIpc) is 2.98. The number of nitrogens with zero attached hydrogens (tertiary/aromatic N) is 2. The third-order valence-electron chi connectivity index (χ3n) is 3.85. The summed E-state index contributed by atoms with van der Waals surface area (Å²) in [4.78, 5) is 25.0. The normalized spacial score (nSPS) is 18.6. The van der Waals surface area contributed by atoms with Gasteiger partial charge in [0.1, 0.15) is 5.75 Å². The van der Waals surface area contributed by atoms with Crippen molar-refractivity contribution < 1.29 is 4.74 Å². The number of methoxy groups -OCH3 is 1. The van der Waals surface area contributed by atoms with Crippen LogP contribution in [0.5, 0.6) is 5.75 Å². The van der Waals surface area contributed by atoms with E-state index in [0.717, 1.165) is 19.4 Å². The number of benzene rings is 1. The Labute approximate surface area is 115 Å². The fourth-order valence-corrected chi connectivity index (χ4v) is 2.74. The largest absolute Gasteiger partial charge is 0.497 e. The summed E-state index contributed by atoms with van der Waals surface area (Å²) >= 11 is 0. The van der Waals surface area contributed by atoms with Crippen molar-refractivity contribution in [3.63, 3.8) is 0 Å². The Morgan fingerprint density at radius 1 is 1.35 bits per heavy atom. The molecule has 6 nitrogen and oxygen atoms in total. The first kappa shape index (κ1) is 12.9. The molecule has 0 saturated carbocycles. The van der Waals surface area contributed by atoms with Gasteiger partial charge in [0, 0.05) is 13.1 Å². The van der Waals surface area contributed by atoms with Crippen molar-refractivity contribution in [3.05, 3.63) is 39.0 Å². The molecule has 1 unspecified atom stereocenters. The lowest BCUT2D eigenvalue weighted by Crippen LogP contribution is -2.44. The Bertz CT molecular complexity index is 770. The number of aromatic nitrogens is 2. The van der Waals surface area contributed by atoms with Gasteiger partial charge in [-0.1, -0.05) is 0 Å². The minimum absolute atomic E-state index is 0.201. The second-order valence-electron chi connectivity index (χ2n) is 5.01. The van der Waals surface area contributed by atoms with Crippen LogP contribution in [-0.2, 0) is 7.05 Å². The molecule has 1 atom stereocenters. The van der Waals surface area contributed by atoms with Crippen LogP contribution in [0.15, 0.2) is 27.8 Å². The van der Waals surface area contributed by atoms with E-state index in [-0.39, 0.29) is 17.4 Å². The van der Waals surface area contributed by atoms with Crippen molar-refractivity contribution >= 4 is 10.9 Å². The molecule has 6 heteroatoms. The number of fused-ring (bicyclic) bond motifs is 1. The highest BCUT2D eigenvalue weighted by Gasteiger charge is 2.22. The molecule has 1 aliphatic heterocycles. The van der Waals surface area contributed by atoms with Gasteiger partial charge in [-0.05, 0) is 31.5 Å². The van der Waals surface area contributed by atoms with Crippen LogP contribution in [0.25, 0.3) is 10.9 Å². The number of aryl methyl sites for hydroxylation is 1. The molecular weight excluding hydrogens is 258 g/mol. The van der Waals surface area contributed by atoms with Crippen LogP contribution < -0.4 is 21.3 Å². The fraction of sp³-hybridized carbons (Fsp3) is 0.429. The maximum atomic E-state index is 12.6. The number of hydrogen-bond acceptors (Lipinski definition) is 4. The number of ether oxygens (including phenoxy) is 1. The summed E-state index contributed by atoms with van der Waals surface area (Å²) in [5.74, 6) is 0.628. The van der Waals surface area contributed by atoms with Gasteiger partial charge in [-0.3, -0.25) is 14.7 Å². The zero-order valence-electron chi connectivity index (χ0n) is 11.5. The van der Waals surface area contributed by atoms with Crippen molar-refractivity contribution in [3.8, 4) is 5.75 Å². The van der Waals surface area contributed by atoms with E-state index >= 15 is 0 Å². The maximum Gasteiger partial charge on any atom is 0.332 e. The second-order valence-corrected chi connectivity index (χ2v) is 5.01.